The van der Waals surface area contributed by atoms with Crippen molar-refractivity contribution in [1.29, 1.82) is 0 Å². The molecule has 2 amide bonds. The molecule has 9 nitrogen and oxygen atoms in total. The van der Waals surface area contributed by atoms with E-state index in [0.717, 1.165) is 16.8 Å². The van der Waals surface area contributed by atoms with E-state index in [1.165, 1.54) is 0 Å². The predicted molar refractivity (Wildman–Crippen MR) is 124 cm³/mol. The van der Waals surface area contributed by atoms with Gasteiger partial charge in [-0.1, -0.05) is 18.2 Å². The molecule has 1 unspecified atom stereocenters. The van der Waals surface area contributed by atoms with Gasteiger partial charge in [0.05, 0.1) is 38.6 Å². The van der Waals surface area contributed by atoms with Crippen LogP contribution in [0.4, 0.5) is 11.5 Å². The van der Waals surface area contributed by atoms with Gasteiger partial charge in [0.25, 0.3) is 5.91 Å². The number of methoxy groups -OCH3 is 2. The lowest BCUT2D eigenvalue weighted by Gasteiger charge is -2.13. The van der Waals surface area contributed by atoms with Crippen LogP contribution >= 0.6 is 0 Å². The number of rotatable bonds is 8. The quantitative estimate of drug-likeness (QED) is 0.541. The lowest BCUT2D eigenvalue weighted by Crippen LogP contribution is -2.24. The molecule has 0 bridgehead atoms. The van der Waals surface area contributed by atoms with Crippen molar-refractivity contribution in [2.45, 2.75) is 26.3 Å². The van der Waals surface area contributed by atoms with Crippen LogP contribution in [0.25, 0.3) is 11.1 Å². The van der Waals surface area contributed by atoms with Crippen LogP contribution in [0.3, 0.4) is 0 Å². The van der Waals surface area contributed by atoms with Crippen molar-refractivity contribution in [3.8, 4) is 28.4 Å². The second kappa shape index (κ2) is 9.23. The maximum atomic E-state index is 12.8. The molecule has 9 heteroatoms. The van der Waals surface area contributed by atoms with Crippen LogP contribution in [0.1, 0.15) is 25.1 Å². The predicted octanol–water partition coefficient (Wildman–Crippen LogP) is 3.80. The van der Waals surface area contributed by atoms with Crippen LogP contribution in [0.2, 0.25) is 0 Å². The zero-order valence-electron chi connectivity index (χ0n) is 19.0. The minimum atomic E-state index is -0.758. The minimum absolute atomic E-state index is 0.0637. The van der Waals surface area contributed by atoms with Gasteiger partial charge in [-0.05, 0) is 43.7 Å². The topological polar surface area (TPSA) is 104 Å². The standard InChI is InChI=1S/C24H26N4O5/c1-5-33-18-9-7-6-8-16(18)25-21(29)13-17-24(30)26-23-22(14(2)27-28(17)23)15-10-11-19(31-3)20(12-15)32-4/h6-12,17H,5,13H2,1-4H3,(H,25,29)(H,26,30). The van der Waals surface area contributed by atoms with Crippen molar-refractivity contribution >= 4 is 23.3 Å². The summed E-state index contributed by atoms with van der Waals surface area (Å²) in [6, 6.07) is 11.9. The third kappa shape index (κ3) is 4.21. The number of carbonyl (C=O) groups excluding carboxylic acids is 2. The van der Waals surface area contributed by atoms with E-state index >= 15 is 0 Å². The summed E-state index contributed by atoms with van der Waals surface area (Å²) < 4.78 is 17.9. The van der Waals surface area contributed by atoms with Crippen LogP contribution in [0.15, 0.2) is 42.5 Å². The summed E-state index contributed by atoms with van der Waals surface area (Å²) >= 11 is 0. The summed E-state index contributed by atoms with van der Waals surface area (Å²) in [5, 5.41) is 10.3. The lowest BCUT2D eigenvalue weighted by molar-refractivity contribution is -0.123. The maximum absolute atomic E-state index is 12.8. The maximum Gasteiger partial charge on any atom is 0.251 e. The summed E-state index contributed by atoms with van der Waals surface area (Å²) in [5.41, 5.74) is 2.88. The highest BCUT2D eigenvalue weighted by atomic mass is 16.5. The Labute approximate surface area is 191 Å². The second-order valence-corrected chi connectivity index (χ2v) is 7.51. The number of aromatic nitrogens is 2. The number of nitrogens with zero attached hydrogens (tertiary/aromatic N) is 2. The molecule has 1 aliphatic rings. The number of para-hydroxylation sites is 2. The third-order valence-electron chi connectivity index (χ3n) is 5.44. The smallest absolute Gasteiger partial charge is 0.251 e. The molecule has 0 saturated heterocycles. The Morgan fingerprint density at radius 1 is 1.12 bits per heavy atom. The highest BCUT2D eigenvalue weighted by Gasteiger charge is 2.36. The molecule has 2 heterocycles. The fourth-order valence-corrected chi connectivity index (χ4v) is 3.95. The Kier molecular flexibility index (Phi) is 6.21. The number of amides is 2. The molecule has 0 fully saturated rings. The average Bonchev–Trinajstić information content (AvgIpc) is 3.28. The van der Waals surface area contributed by atoms with Crippen LogP contribution in [-0.4, -0.2) is 42.4 Å². The first-order valence-electron chi connectivity index (χ1n) is 10.6. The van der Waals surface area contributed by atoms with Gasteiger partial charge in [-0.3, -0.25) is 9.59 Å². The first-order chi connectivity index (χ1) is 16.0. The van der Waals surface area contributed by atoms with Crippen LogP contribution in [0.5, 0.6) is 17.2 Å². The van der Waals surface area contributed by atoms with Crippen molar-refractivity contribution in [1.82, 2.24) is 9.78 Å². The highest BCUT2D eigenvalue weighted by Crippen LogP contribution is 2.41. The molecule has 0 spiro atoms. The molecule has 4 rings (SSSR count). The summed E-state index contributed by atoms with van der Waals surface area (Å²) in [6.07, 6.45) is -0.0637. The van der Waals surface area contributed by atoms with E-state index in [2.05, 4.69) is 15.7 Å². The Morgan fingerprint density at radius 2 is 1.88 bits per heavy atom. The molecule has 1 atom stereocenters. The lowest BCUT2D eigenvalue weighted by atomic mass is 10.1. The molecular weight excluding hydrogens is 424 g/mol. The first kappa shape index (κ1) is 22.2. The second-order valence-electron chi connectivity index (χ2n) is 7.51. The number of ether oxygens (including phenoxy) is 3. The minimum Gasteiger partial charge on any atom is -0.493 e. The van der Waals surface area contributed by atoms with Gasteiger partial charge in [-0.15, -0.1) is 0 Å². The summed E-state index contributed by atoms with van der Waals surface area (Å²) in [4.78, 5) is 25.5. The van der Waals surface area contributed by atoms with Gasteiger partial charge in [0.1, 0.15) is 17.6 Å². The van der Waals surface area contributed by atoms with E-state index in [1.807, 2.05) is 38.1 Å². The molecule has 2 N–H and O–H groups in total. The number of anilines is 2. The average molecular weight is 450 g/mol. The van der Waals surface area contributed by atoms with E-state index in [1.54, 1.807) is 37.1 Å². The summed E-state index contributed by atoms with van der Waals surface area (Å²) in [5.74, 6) is 1.72. The molecule has 172 valence electrons. The van der Waals surface area contributed by atoms with Gasteiger partial charge in [0.15, 0.2) is 11.5 Å². The van der Waals surface area contributed by atoms with Gasteiger partial charge in [0.2, 0.25) is 5.91 Å². The normalized spacial score (nSPS) is 14.4. The van der Waals surface area contributed by atoms with E-state index < -0.39 is 6.04 Å². The molecule has 2 aromatic carbocycles. The summed E-state index contributed by atoms with van der Waals surface area (Å²) in [6.45, 7) is 4.21. The van der Waals surface area contributed by atoms with E-state index in [9.17, 15) is 9.59 Å². The molecule has 1 aliphatic heterocycles. The molecule has 1 aromatic heterocycles. The molecule has 0 radical (unpaired) electrons. The number of hydrogen-bond acceptors (Lipinski definition) is 6. The highest BCUT2D eigenvalue weighted by molar-refractivity contribution is 6.04. The van der Waals surface area contributed by atoms with Crippen LogP contribution in [0, 0.1) is 6.92 Å². The zero-order chi connectivity index (χ0) is 23.5. The van der Waals surface area contributed by atoms with E-state index in [4.69, 9.17) is 14.2 Å². The van der Waals surface area contributed by atoms with Crippen molar-refractivity contribution in [3.05, 3.63) is 48.2 Å². The number of hydrogen-bond donors (Lipinski definition) is 2. The van der Waals surface area contributed by atoms with E-state index in [-0.39, 0.29) is 18.2 Å². The van der Waals surface area contributed by atoms with Crippen molar-refractivity contribution in [3.63, 3.8) is 0 Å². The SMILES string of the molecule is CCOc1ccccc1NC(=O)CC1C(=O)Nc2c(-c3ccc(OC)c(OC)c3)c(C)nn21. The molecule has 0 saturated carbocycles. The number of aryl methyl sites for hydroxylation is 1. The largest absolute Gasteiger partial charge is 0.493 e. The van der Waals surface area contributed by atoms with Crippen LogP contribution < -0.4 is 24.8 Å². The van der Waals surface area contributed by atoms with Gasteiger partial charge in [0, 0.05) is 5.56 Å². The monoisotopic (exact) mass is 450 g/mol. The zero-order valence-corrected chi connectivity index (χ0v) is 19.0. The Balaban J connectivity index is 1.59. The van der Waals surface area contributed by atoms with Crippen molar-refractivity contribution in [2.24, 2.45) is 0 Å². The number of carbonyl (C=O) groups is 2. The van der Waals surface area contributed by atoms with Gasteiger partial charge < -0.3 is 24.8 Å². The molecule has 0 aliphatic carbocycles. The Morgan fingerprint density at radius 3 is 2.61 bits per heavy atom. The fourth-order valence-electron chi connectivity index (χ4n) is 3.95. The fraction of sp³-hybridized carbons (Fsp3) is 0.292. The van der Waals surface area contributed by atoms with Gasteiger partial charge in [-0.25, -0.2) is 4.68 Å². The van der Waals surface area contributed by atoms with Gasteiger partial charge >= 0.3 is 0 Å². The Hall–Kier alpha value is -4.01. The molecule has 3 aromatic rings. The molecule has 33 heavy (non-hydrogen) atoms. The third-order valence-corrected chi connectivity index (χ3v) is 5.44. The Bertz CT molecular complexity index is 1200. The first-order valence-corrected chi connectivity index (χ1v) is 10.6. The van der Waals surface area contributed by atoms with Gasteiger partial charge in [-0.2, -0.15) is 5.10 Å². The van der Waals surface area contributed by atoms with Crippen molar-refractivity contribution < 1.29 is 23.8 Å². The number of benzene rings is 2. The summed E-state index contributed by atoms with van der Waals surface area (Å²) in [7, 11) is 3.14. The number of nitrogens with one attached hydrogen (secondary N) is 2. The molecular formula is C24H26N4O5. The van der Waals surface area contributed by atoms with Crippen molar-refractivity contribution in [2.75, 3.05) is 31.5 Å². The number of fused-ring (bicyclic) bond motifs is 1. The van der Waals surface area contributed by atoms with Crippen LogP contribution in [-0.2, 0) is 9.59 Å². The van der Waals surface area contributed by atoms with E-state index in [0.29, 0.717) is 35.4 Å².